The van der Waals surface area contributed by atoms with Gasteiger partial charge in [0.1, 0.15) is 6.10 Å². The molecule has 4 saturated carbocycles. The number of aliphatic hydroxyl groups excluding tert-OH is 1. The van der Waals surface area contributed by atoms with Gasteiger partial charge in [-0.1, -0.05) is 0 Å². The van der Waals surface area contributed by atoms with Crippen LogP contribution < -0.4 is 0 Å². The van der Waals surface area contributed by atoms with E-state index >= 15 is 0 Å². The second-order valence-corrected chi connectivity index (χ2v) is 6.29. The summed E-state index contributed by atoms with van der Waals surface area (Å²) in [5.41, 5.74) is -0.0133. The number of hydrogen-bond donors (Lipinski definition) is 1. The van der Waals surface area contributed by atoms with Crippen LogP contribution in [0.2, 0.25) is 0 Å². The van der Waals surface area contributed by atoms with Gasteiger partial charge in [0.05, 0.1) is 0 Å². The summed E-state index contributed by atoms with van der Waals surface area (Å²) < 4.78 is 0. The third kappa shape index (κ3) is 1.37. The van der Waals surface area contributed by atoms with Crippen molar-refractivity contribution in [3.05, 3.63) is 0 Å². The Balaban J connectivity index is 1.89. The Labute approximate surface area is 91.1 Å². The lowest BCUT2D eigenvalue weighted by Gasteiger charge is -2.58. The van der Waals surface area contributed by atoms with Gasteiger partial charge in [0, 0.05) is 5.41 Å². The Morgan fingerprint density at radius 1 is 1.13 bits per heavy atom. The molecule has 0 heterocycles. The predicted molar refractivity (Wildman–Crippen MR) is 57.3 cm³/mol. The fraction of sp³-hybridized carbons (Fsp3) is 0.923. The molecule has 0 aromatic rings. The first-order valence-corrected chi connectivity index (χ1v) is 6.27. The average molecular weight is 208 g/mol. The minimum Gasteiger partial charge on any atom is -0.385 e. The van der Waals surface area contributed by atoms with Crippen molar-refractivity contribution in [2.45, 2.75) is 51.6 Å². The molecular weight excluding hydrogens is 188 g/mol. The molecule has 0 radical (unpaired) electrons. The second-order valence-electron chi connectivity index (χ2n) is 6.29. The molecule has 4 rings (SSSR count). The van der Waals surface area contributed by atoms with Gasteiger partial charge < -0.3 is 5.11 Å². The van der Waals surface area contributed by atoms with Crippen LogP contribution in [0.5, 0.6) is 0 Å². The SMILES string of the molecule is CC(=O)C(O)C12CC3CC(CC(C3)C1)C2. The van der Waals surface area contributed by atoms with Gasteiger partial charge in [-0.2, -0.15) is 0 Å². The molecule has 4 aliphatic carbocycles. The molecule has 2 nitrogen and oxygen atoms in total. The van der Waals surface area contributed by atoms with E-state index < -0.39 is 6.10 Å². The van der Waals surface area contributed by atoms with Crippen LogP contribution in [0.1, 0.15) is 45.4 Å². The Hall–Kier alpha value is -0.370. The lowest BCUT2D eigenvalue weighted by Crippen LogP contribution is -2.53. The van der Waals surface area contributed by atoms with Crippen molar-refractivity contribution >= 4 is 5.78 Å². The fourth-order valence-corrected chi connectivity index (χ4v) is 4.94. The Morgan fingerprint density at radius 3 is 1.87 bits per heavy atom. The highest BCUT2D eigenvalue weighted by Gasteiger charge is 2.54. The quantitative estimate of drug-likeness (QED) is 0.755. The minimum atomic E-state index is -0.675. The maximum atomic E-state index is 11.4. The van der Waals surface area contributed by atoms with Crippen molar-refractivity contribution in [2.75, 3.05) is 0 Å². The molecule has 2 heteroatoms. The maximum Gasteiger partial charge on any atom is 0.158 e. The average Bonchev–Trinajstić information content (AvgIpc) is 2.14. The normalized spacial score (nSPS) is 49.3. The van der Waals surface area contributed by atoms with E-state index in [1.165, 1.54) is 19.3 Å². The van der Waals surface area contributed by atoms with Crippen LogP contribution in [0, 0.1) is 23.2 Å². The van der Waals surface area contributed by atoms with Gasteiger partial charge in [0.15, 0.2) is 5.78 Å². The summed E-state index contributed by atoms with van der Waals surface area (Å²) in [4.78, 5) is 11.4. The standard InChI is InChI=1S/C13H20O2/c1-8(14)12(15)13-5-9-2-10(6-13)4-11(3-9)7-13/h9-12,15H,2-7H2,1H3. The highest BCUT2D eigenvalue weighted by molar-refractivity contribution is 5.81. The zero-order chi connectivity index (χ0) is 10.6. The molecular formula is C13H20O2. The summed E-state index contributed by atoms with van der Waals surface area (Å²) in [5, 5.41) is 10.1. The summed E-state index contributed by atoms with van der Waals surface area (Å²) in [6.07, 6.45) is 6.75. The van der Waals surface area contributed by atoms with E-state index in [4.69, 9.17) is 0 Å². The van der Waals surface area contributed by atoms with E-state index in [0.29, 0.717) is 0 Å². The zero-order valence-corrected chi connectivity index (χ0v) is 9.41. The van der Waals surface area contributed by atoms with Gasteiger partial charge in [-0.15, -0.1) is 0 Å². The van der Waals surface area contributed by atoms with Crippen LogP contribution in [-0.2, 0) is 4.79 Å². The summed E-state index contributed by atoms with van der Waals surface area (Å²) in [6.45, 7) is 1.54. The number of carbonyl (C=O) groups is 1. The van der Waals surface area contributed by atoms with Crippen LogP contribution in [0.4, 0.5) is 0 Å². The van der Waals surface area contributed by atoms with Crippen molar-refractivity contribution in [1.29, 1.82) is 0 Å². The molecule has 0 spiro atoms. The van der Waals surface area contributed by atoms with E-state index in [0.717, 1.165) is 37.0 Å². The number of Topliss-reactive ketones (excluding diaryl/α,β-unsaturated/α-hetero) is 1. The Morgan fingerprint density at radius 2 is 1.53 bits per heavy atom. The Kier molecular flexibility index (Phi) is 2.01. The molecule has 1 unspecified atom stereocenters. The van der Waals surface area contributed by atoms with Crippen LogP contribution in [-0.4, -0.2) is 17.0 Å². The van der Waals surface area contributed by atoms with Crippen LogP contribution >= 0.6 is 0 Å². The molecule has 15 heavy (non-hydrogen) atoms. The van der Waals surface area contributed by atoms with Crippen molar-refractivity contribution in [3.8, 4) is 0 Å². The predicted octanol–water partition coefficient (Wildman–Crippen LogP) is 2.15. The highest BCUT2D eigenvalue weighted by atomic mass is 16.3. The van der Waals surface area contributed by atoms with Gasteiger partial charge in [0.2, 0.25) is 0 Å². The molecule has 4 fully saturated rings. The van der Waals surface area contributed by atoms with Crippen LogP contribution in [0.3, 0.4) is 0 Å². The molecule has 1 N–H and O–H groups in total. The van der Waals surface area contributed by atoms with Gasteiger partial charge in [-0.3, -0.25) is 4.79 Å². The highest BCUT2D eigenvalue weighted by Crippen LogP contribution is 2.61. The van der Waals surface area contributed by atoms with E-state index in [2.05, 4.69) is 0 Å². The van der Waals surface area contributed by atoms with Gasteiger partial charge in [0.25, 0.3) is 0 Å². The summed E-state index contributed by atoms with van der Waals surface area (Å²) in [5.74, 6) is 2.41. The molecule has 0 aliphatic heterocycles. The number of carbonyl (C=O) groups excluding carboxylic acids is 1. The third-order valence-electron chi connectivity index (χ3n) is 5.05. The van der Waals surface area contributed by atoms with Crippen molar-refractivity contribution in [2.24, 2.45) is 23.2 Å². The number of rotatable bonds is 2. The molecule has 84 valence electrons. The van der Waals surface area contributed by atoms with Gasteiger partial charge in [-0.25, -0.2) is 0 Å². The first-order chi connectivity index (χ1) is 7.09. The van der Waals surface area contributed by atoms with Gasteiger partial charge in [-0.05, 0) is 63.2 Å². The van der Waals surface area contributed by atoms with Crippen molar-refractivity contribution in [3.63, 3.8) is 0 Å². The first-order valence-electron chi connectivity index (χ1n) is 6.27. The van der Waals surface area contributed by atoms with Crippen molar-refractivity contribution in [1.82, 2.24) is 0 Å². The fourth-order valence-electron chi connectivity index (χ4n) is 4.94. The lowest BCUT2D eigenvalue weighted by atomic mass is 9.48. The molecule has 4 aliphatic rings. The maximum absolute atomic E-state index is 11.4. The number of aliphatic hydroxyl groups is 1. The summed E-state index contributed by atoms with van der Waals surface area (Å²) in [7, 11) is 0. The minimum absolute atomic E-state index is 0.0133. The van der Waals surface area contributed by atoms with Crippen molar-refractivity contribution < 1.29 is 9.90 Å². The monoisotopic (exact) mass is 208 g/mol. The molecule has 0 saturated heterocycles. The molecule has 0 aromatic heterocycles. The van der Waals surface area contributed by atoms with E-state index in [-0.39, 0.29) is 11.2 Å². The van der Waals surface area contributed by atoms with E-state index in [9.17, 15) is 9.90 Å². The lowest BCUT2D eigenvalue weighted by molar-refractivity contribution is -0.151. The topological polar surface area (TPSA) is 37.3 Å². The van der Waals surface area contributed by atoms with E-state index in [1.54, 1.807) is 6.92 Å². The second kappa shape index (κ2) is 3.07. The summed E-state index contributed by atoms with van der Waals surface area (Å²) in [6, 6.07) is 0. The molecule has 0 aromatic carbocycles. The van der Waals surface area contributed by atoms with E-state index in [1.807, 2.05) is 0 Å². The molecule has 0 amide bonds. The third-order valence-corrected chi connectivity index (χ3v) is 5.05. The van der Waals surface area contributed by atoms with Crippen LogP contribution in [0.25, 0.3) is 0 Å². The Bertz CT molecular complexity index is 260. The zero-order valence-electron chi connectivity index (χ0n) is 9.41. The number of ketones is 1. The molecule has 4 bridgehead atoms. The van der Waals surface area contributed by atoms with Crippen LogP contribution in [0.15, 0.2) is 0 Å². The molecule has 1 atom stereocenters. The first kappa shape index (κ1) is 9.83. The number of hydrogen-bond acceptors (Lipinski definition) is 2. The smallest absolute Gasteiger partial charge is 0.158 e. The largest absolute Gasteiger partial charge is 0.385 e. The summed E-state index contributed by atoms with van der Waals surface area (Å²) >= 11 is 0. The van der Waals surface area contributed by atoms with Gasteiger partial charge >= 0.3 is 0 Å².